The van der Waals surface area contributed by atoms with E-state index in [0.29, 0.717) is 24.5 Å². The van der Waals surface area contributed by atoms with Crippen molar-refractivity contribution in [1.29, 1.82) is 0 Å². The van der Waals surface area contributed by atoms with Gasteiger partial charge in [0.15, 0.2) is 0 Å². The van der Waals surface area contributed by atoms with E-state index in [1.165, 1.54) is 0 Å². The van der Waals surface area contributed by atoms with E-state index in [1.807, 2.05) is 19.1 Å². The van der Waals surface area contributed by atoms with Gasteiger partial charge in [-0.15, -0.1) is 0 Å². The molecule has 0 bridgehead atoms. The number of benzene rings is 1. The Morgan fingerprint density at radius 3 is 2.94 bits per heavy atom. The van der Waals surface area contributed by atoms with Gasteiger partial charge in [-0.05, 0) is 29.7 Å². The van der Waals surface area contributed by atoms with E-state index in [1.54, 1.807) is 0 Å². The fourth-order valence-electron chi connectivity index (χ4n) is 2.56. The average Bonchev–Trinajstić information content (AvgIpc) is 2.77. The van der Waals surface area contributed by atoms with E-state index in [-0.39, 0.29) is 6.54 Å². The summed E-state index contributed by atoms with van der Waals surface area (Å²) < 4.78 is 5.64. The van der Waals surface area contributed by atoms with Gasteiger partial charge in [-0.2, -0.15) is 0 Å². The largest absolute Gasteiger partial charge is 0.493 e. The Balaban J connectivity index is 2.28. The molecule has 2 rings (SSSR count). The smallest absolute Gasteiger partial charge is 0.126 e. The Bertz CT molecular complexity index is 436. The minimum atomic E-state index is -0.862. The van der Waals surface area contributed by atoms with Gasteiger partial charge in [0.1, 0.15) is 5.75 Å². The highest BCUT2D eigenvalue weighted by atomic mass is 35.5. The lowest BCUT2D eigenvalue weighted by Crippen LogP contribution is -2.39. The molecule has 100 valence electrons. The summed E-state index contributed by atoms with van der Waals surface area (Å²) in [6.07, 6.45) is 2.97. The molecule has 4 heteroatoms. The van der Waals surface area contributed by atoms with Gasteiger partial charge >= 0.3 is 0 Å². The SMILES string of the molecule is CCCC(O)(CN)Cc1cc(Cl)cc2c1OCC2. The zero-order valence-electron chi connectivity index (χ0n) is 10.7. The first-order chi connectivity index (χ1) is 8.58. The second-order valence-electron chi connectivity index (χ2n) is 5.01. The highest BCUT2D eigenvalue weighted by Gasteiger charge is 2.28. The minimum Gasteiger partial charge on any atom is -0.493 e. The molecule has 1 aliphatic heterocycles. The number of nitrogens with two attached hydrogens (primary N) is 1. The molecular weight excluding hydrogens is 250 g/mol. The van der Waals surface area contributed by atoms with Crippen molar-refractivity contribution in [3.8, 4) is 5.75 Å². The maximum absolute atomic E-state index is 10.5. The van der Waals surface area contributed by atoms with Gasteiger partial charge in [0.2, 0.25) is 0 Å². The summed E-state index contributed by atoms with van der Waals surface area (Å²) in [6, 6.07) is 3.82. The Morgan fingerprint density at radius 1 is 1.50 bits per heavy atom. The zero-order valence-corrected chi connectivity index (χ0v) is 11.5. The number of hydrogen-bond donors (Lipinski definition) is 2. The summed E-state index contributed by atoms with van der Waals surface area (Å²) in [7, 11) is 0. The maximum atomic E-state index is 10.5. The van der Waals surface area contributed by atoms with Crippen LogP contribution in [0.5, 0.6) is 5.75 Å². The molecule has 1 aromatic carbocycles. The highest BCUT2D eigenvalue weighted by molar-refractivity contribution is 6.30. The molecule has 1 aliphatic rings. The van der Waals surface area contributed by atoms with E-state index in [2.05, 4.69) is 0 Å². The molecule has 18 heavy (non-hydrogen) atoms. The number of hydrogen-bond acceptors (Lipinski definition) is 3. The Morgan fingerprint density at radius 2 is 2.28 bits per heavy atom. The molecule has 0 saturated heterocycles. The predicted octanol–water partition coefficient (Wildman–Crippen LogP) is 2.31. The summed E-state index contributed by atoms with van der Waals surface area (Å²) >= 11 is 6.11. The first-order valence-corrected chi connectivity index (χ1v) is 6.82. The topological polar surface area (TPSA) is 55.5 Å². The number of halogens is 1. The third-order valence-corrected chi connectivity index (χ3v) is 3.66. The van der Waals surface area contributed by atoms with Crippen molar-refractivity contribution >= 4 is 11.6 Å². The molecule has 0 fully saturated rings. The summed E-state index contributed by atoms with van der Waals surface area (Å²) in [4.78, 5) is 0. The minimum absolute atomic E-state index is 0.252. The average molecular weight is 270 g/mol. The molecule has 3 nitrogen and oxygen atoms in total. The molecule has 1 aromatic rings. The first kappa shape index (κ1) is 13.7. The van der Waals surface area contributed by atoms with Gasteiger partial charge in [-0.25, -0.2) is 0 Å². The summed E-state index contributed by atoms with van der Waals surface area (Å²) in [5.41, 5.74) is 6.94. The van der Waals surface area contributed by atoms with Crippen LogP contribution in [-0.2, 0) is 12.8 Å². The predicted molar refractivity (Wildman–Crippen MR) is 73.3 cm³/mol. The molecule has 1 atom stereocenters. The van der Waals surface area contributed by atoms with E-state index >= 15 is 0 Å². The Kier molecular flexibility index (Phi) is 4.15. The Labute approximate surface area is 113 Å². The van der Waals surface area contributed by atoms with Crippen LogP contribution < -0.4 is 10.5 Å². The normalized spacial score (nSPS) is 17.1. The molecule has 0 aliphatic carbocycles. The van der Waals surface area contributed by atoms with Crippen molar-refractivity contribution in [2.75, 3.05) is 13.2 Å². The van der Waals surface area contributed by atoms with E-state index in [9.17, 15) is 5.11 Å². The second kappa shape index (κ2) is 5.47. The van der Waals surface area contributed by atoms with Crippen LogP contribution in [0.4, 0.5) is 0 Å². The van der Waals surface area contributed by atoms with Crippen LogP contribution in [-0.4, -0.2) is 23.9 Å². The molecule has 0 aromatic heterocycles. The number of aliphatic hydroxyl groups is 1. The summed E-state index contributed by atoms with van der Waals surface area (Å²) in [6.45, 7) is 2.99. The van der Waals surface area contributed by atoms with Crippen molar-refractivity contribution in [2.24, 2.45) is 5.73 Å². The van der Waals surface area contributed by atoms with Crippen LogP contribution in [0.1, 0.15) is 30.9 Å². The van der Waals surface area contributed by atoms with E-state index in [0.717, 1.165) is 29.7 Å². The zero-order chi connectivity index (χ0) is 13.2. The van der Waals surface area contributed by atoms with Gasteiger partial charge in [0, 0.05) is 24.4 Å². The van der Waals surface area contributed by atoms with E-state index in [4.69, 9.17) is 22.1 Å². The molecular formula is C14H20ClNO2. The van der Waals surface area contributed by atoms with Gasteiger partial charge < -0.3 is 15.6 Å². The summed E-state index contributed by atoms with van der Waals surface area (Å²) in [5.74, 6) is 0.891. The molecule has 0 amide bonds. The molecule has 1 unspecified atom stereocenters. The molecule has 0 radical (unpaired) electrons. The van der Waals surface area contributed by atoms with Crippen LogP contribution in [0, 0.1) is 0 Å². The van der Waals surface area contributed by atoms with Gasteiger partial charge in [0.05, 0.1) is 12.2 Å². The van der Waals surface area contributed by atoms with Gasteiger partial charge in [-0.1, -0.05) is 24.9 Å². The fraction of sp³-hybridized carbons (Fsp3) is 0.571. The highest BCUT2D eigenvalue weighted by Crippen LogP contribution is 2.35. The molecule has 1 heterocycles. The molecule has 0 spiro atoms. The number of rotatable bonds is 5. The third kappa shape index (κ3) is 2.79. The third-order valence-electron chi connectivity index (χ3n) is 3.44. The standard InChI is InChI=1S/C14H20ClNO2/c1-2-4-14(17,9-16)8-11-7-12(15)6-10-3-5-18-13(10)11/h6-7,17H,2-5,8-9,16H2,1H3. The van der Waals surface area contributed by atoms with Crippen molar-refractivity contribution in [1.82, 2.24) is 0 Å². The van der Waals surface area contributed by atoms with Crippen LogP contribution in [0.15, 0.2) is 12.1 Å². The van der Waals surface area contributed by atoms with Crippen molar-refractivity contribution in [3.63, 3.8) is 0 Å². The maximum Gasteiger partial charge on any atom is 0.126 e. The van der Waals surface area contributed by atoms with Crippen molar-refractivity contribution < 1.29 is 9.84 Å². The van der Waals surface area contributed by atoms with Crippen LogP contribution >= 0.6 is 11.6 Å². The van der Waals surface area contributed by atoms with Crippen LogP contribution in [0.3, 0.4) is 0 Å². The van der Waals surface area contributed by atoms with E-state index < -0.39 is 5.60 Å². The lowest BCUT2D eigenvalue weighted by atomic mass is 9.89. The van der Waals surface area contributed by atoms with Crippen molar-refractivity contribution in [2.45, 2.75) is 38.2 Å². The van der Waals surface area contributed by atoms with Gasteiger partial charge in [-0.3, -0.25) is 0 Å². The monoisotopic (exact) mass is 269 g/mol. The van der Waals surface area contributed by atoms with Crippen LogP contribution in [0.2, 0.25) is 5.02 Å². The quantitative estimate of drug-likeness (QED) is 0.862. The van der Waals surface area contributed by atoms with Gasteiger partial charge in [0.25, 0.3) is 0 Å². The number of ether oxygens (including phenoxy) is 1. The molecule has 0 saturated carbocycles. The summed E-state index contributed by atoms with van der Waals surface area (Å²) in [5, 5.41) is 11.2. The molecule has 3 N–H and O–H groups in total. The first-order valence-electron chi connectivity index (χ1n) is 6.44. The van der Waals surface area contributed by atoms with Crippen molar-refractivity contribution in [3.05, 3.63) is 28.3 Å². The lowest BCUT2D eigenvalue weighted by molar-refractivity contribution is 0.0393. The Hall–Kier alpha value is -0.770. The lowest BCUT2D eigenvalue weighted by Gasteiger charge is -2.27. The van der Waals surface area contributed by atoms with Crippen LogP contribution in [0.25, 0.3) is 0 Å². The second-order valence-corrected chi connectivity index (χ2v) is 5.44. The number of fused-ring (bicyclic) bond motifs is 1. The fourth-order valence-corrected chi connectivity index (χ4v) is 2.82.